The van der Waals surface area contributed by atoms with Gasteiger partial charge < -0.3 is 9.47 Å². The van der Waals surface area contributed by atoms with Gasteiger partial charge in [-0.3, -0.25) is 0 Å². The fraction of sp³-hybridized carbons (Fsp3) is 0.533. The molecule has 0 N–H and O–H groups in total. The molecule has 0 aliphatic carbocycles. The van der Waals surface area contributed by atoms with Crippen molar-refractivity contribution in [1.82, 2.24) is 14.5 Å². The van der Waals surface area contributed by atoms with Crippen molar-refractivity contribution >= 4 is 45.2 Å². The summed E-state index contributed by atoms with van der Waals surface area (Å²) in [6, 6.07) is 6.40. The molecule has 1 heterocycles. The minimum absolute atomic E-state index is 0.469. The largest absolute Gasteiger partial charge is 0.327 e. The highest BCUT2D eigenvalue weighted by Crippen LogP contribution is 2.20. The number of alkyl halides is 1. The summed E-state index contributed by atoms with van der Waals surface area (Å²) in [6.45, 7) is 8.75. The highest BCUT2D eigenvalue weighted by molar-refractivity contribution is 14.1. The first-order valence-corrected chi connectivity index (χ1v) is 8.73. The second-order valence-electron chi connectivity index (χ2n) is 4.83. The Morgan fingerprint density at radius 2 is 2.05 bits per heavy atom. The number of imidazole rings is 1. The molecule has 0 spiro atoms. The maximum absolute atomic E-state index is 6.04. The molecule has 0 bridgehead atoms. The van der Waals surface area contributed by atoms with E-state index in [2.05, 4.69) is 69.1 Å². The number of fused-ring (bicyclic) bond motifs is 1. The van der Waals surface area contributed by atoms with E-state index in [1.807, 2.05) is 0 Å². The fourth-order valence-corrected chi connectivity index (χ4v) is 3.18. The van der Waals surface area contributed by atoms with Crippen molar-refractivity contribution in [1.29, 1.82) is 0 Å². The molecule has 1 aromatic heterocycles. The molecule has 0 saturated carbocycles. The van der Waals surface area contributed by atoms with Gasteiger partial charge >= 0.3 is 0 Å². The summed E-state index contributed by atoms with van der Waals surface area (Å²) in [5.74, 6) is 1.44. The minimum atomic E-state index is 0.469. The molecule has 0 saturated heterocycles. The van der Waals surface area contributed by atoms with Crippen molar-refractivity contribution in [3.63, 3.8) is 0 Å². The maximum Gasteiger partial charge on any atom is 0.124 e. The van der Waals surface area contributed by atoms with Gasteiger partial charge in [0, 0.05) is 10.1 Å². The van der Waals surface area contributed by atoms with E-state index in [4.69, 9.17) is 11.6 Å². The van der Waals surface area contributed by atoms with Crippen molar-refractivity contribution in [3.8, 4) is 0 Å². The van der Waals surface area contributed by atoms with Gasteiger partial charge in [-0.15, -0.1) is 11.6 Å². The van der Waals surface area contributed by atoms with Crippen LogP contribution in [-0.4, -0.2) is 34.1 Å². The summed E-state index contributed by atoms with van der Waals surface area (Å²) < 4.78 is 3.48. The number of aryl methyl sites for hydroxylation is 1. The molecule has 0 aliphatic rings. The quantitative estimate of drug-likeness (QED) is 0.510. The lowest BCUT2D eigenvalue weighted by molar-refractivity contribution is 0.293. The van der Waals surface area contributed by atoms with Crippen molar-refractivity contribution in [2.24, 2.45) is 0 Å². The predicted octanol–water partition coefficient (Wildman–Crippen LogP) is 4.11. The zero-order valence-corrected chi connectivity index (χ0v) is 15.0. The Bertz CT molecular complexity index is 563. The summed E-state index contributed by atoms with van der Waals surface area (Å²) in [5, 5.41) is 0. The number of hydrogen-bond donors (Lipinski definition) is 0. The van der Waals surface area contributed by atoms with Crippen molar-refractivity contribution in [2.75, 3.05) is 19.6 Å². The Kier molecular flexibility index (Phi) is 6.11. The lowest BCUT2D eigenvalue weighted by Gasteiger charge is -2.18. The van der Waals surface area contributed by atoms with Crippen molar-refractivity contribution in [3.05, 3.63) is 27.6 Å². The number of halogens is 2. The molecular formula is C15H21ClIN3. The molecule has 0 fully saturated rings. The molecule has 20 heavy (non-hydrogen) atoms. The van der Waals surface area contributed by atoms with Crippen LogP contribution < -0.4 is 0 Å². The van der Waals surface area contributed by atoms with Gasteiger partial charge in [0.1, 0.15) is 5.82 Å². The molecule has 0 aliphatic heterocycles. The molecule has 3 nitrogen and oxygen atoms in total. The number of hydrogen-bond acceptors (Lipinski definition) is 2. The SMILES string of the molecule is CCN(CC)CCCn1c(CCl)nc2cc(I)ccc21. The van der Waals surface area contributed by atoms with Crippen LogP contribution in [0.1, 0.15) is 26.1 Å². The molecule has 0 unspecified atom stereocenters. The first-order chi connectivity index (χ1) is 9.69. The zero-order valence-electron chi connectivity index (χ0n) is 12.1. The van der Waals surface area contributed by atoms with Crippen LogP contribution in [-0.2, 0) is 12.4 Å². The summed E-state index contributed by atoms with van der Waals surface area (Å²) >= 11 is 8.36. The molecule has 2 aromatic rings. The minimum Gasteiger partial charge on any atom is -0.327 e. The molecule has 5 heteroatoms. The third kappa shape index (κ3) is 3.65. The van der Waals surface area contributed by atoms with Gasteiger partial charge in [0.05, 0.1) is 16.9 Å². The van der Waals surface area contributed by atoms with E-state index >= 15 is 0 Å². The van der Waals surface area contributed by atoms with Gasteiger partial charge in [-0.05, 0) is 66.8 Å². The predicted molar refractivity (Wildman–Crippen MR) is 94.4 cm³/mol. The van der Waals surface area contributed by atoms with Crippen LogP contribution in [0.3, 0.4) is 0 Å². The summed E-state index contributed by atoms with van der Waals surface area (Å²) in [5.41, 5.74) is 2.25. The normalized spacial score (nSPS) is 11.7. The summed E-state index contributed by atoms with van der Waals surface area (Å²) in [4.78, 5) is 7.09. The Morgan fingerprint density at radius 1 is 1.30 bits per heavy atom. The number of benzene rings is 1. The standard InChI is InChI=1S/C15H21ClIN3/c1-3-19(4-2)8-5-9-20-14-7-6-12(17)10-13(14)18-15(20)11-16/h6-7,10H,3-5,8-9,11H2,1-2H3. The molecular weight excluding hydrogens is 385 g/mol. The first-order valence-electron chi connectivity index (χ1n) is 7.12. The van der Waals surface area contributed by atoms with Gasteiger partial charge in [0.15, 0.2) is 0 Å². The van der Waals surface area contributed by atoms with E-state index in [1.165, 1.54) is 9.09 Å². The topological polar surface area (TPSA) is 21.1 Å². The van der Waals surface area contributed by atoms with Crippen LogP contribution >= 0.6 is 34.2 Å². The van der Waals surface area contributed by atoms with Crippen molar-refractivity contribution < 1.29 is 0 Å². The van der Waals surface area contributed by atoms with Crippen LogP contribution in [0.25, 0.3) is 11.0 Å². The van der Waals surface area contributed by atoms with Gasteiger partial charge in [-0.2, -0.15) is 0 Å². The summed E-state index contributed by atoms with van der Waals surface area (Å²) in [6.07, 6.45) is 1.13. The number of aromatic nitrogens is 2. The van der Waals surface area contributed by atoms with Gasteiger partial charge in [0.25, 0.3) is 0 Å². The first kappa shape index (κ1) is 16.0. The van der Waals surface area contributed by atoms with Crippen LogP contribution in [0.5, 0.6) is 0 Å². The fourth-order valence-electron chi connectivity index (χ4n) is 2.50. The van der Waals surface area contributed by atoms with E-state index < -0.39 is 0 Å². The molecule has 0 atom stereocenters. The van der Waals surface area contributed by atoms with E-state index in [0.717, 1.165) is 43.9 Å². The van der Waals surface area contributed by atoms with Crippen LogP contribution in [0.4, 0.5) is 0 Å². The Hall–Kier alpha value is -0.330. The van der Waals surface area contributed by atoms with Crippen LogP contribution in [0.15, 0.2) is 18.2 Å². The Labute approximate surface area is 139 Å². The van der Waals surface area contributed by atoms with E-state index in [0.29, 0.717) is 5.88 Å². The van der Waals surface area contributed by atoms with Gasteiger partial charge in [-0.1, -0.05) is 13.8 Å². The van der Waals surface area contributed by atoms with E-state index in [1.54, 1.807) is 0 Å². The maximum atomic E-state index is 6.04. The highest BCUT2D eigenvalue weighted by atomic mass is 127. The molecule has 1 aromatic carbocycles. The lowest BCUT2D eigenvalue weighted by Crippen LogP contribution is -2.25. The average Bonchev–Trinajstić information content (AvgIpc) is 2.80. The lowest BCUT2D eigenvalue weighted by atomic mass is 10.3. The summed E-state index contributed by atoms with van der Waals surface area (Å²) in [7, 11) is 0. The molecule has 0 amide bonds. The monoisotopic (exact) mass is 405 g/mol. The highest BCUT2D eigenvalue weighted by Gasteiger charge is 2.10. The molecule has 110 valence electrons. The molecule has 2 rings (SSSR count). The average molecular weight is 406 g/mol. The van der Waals surface area contributed by atoms with Gasteiger partial charge in [-0.25, -0.2) is 4.98 Å². The number of rotatable bonds is 7. The number of nitrogens with zero attached hydrogens (tertiary/aromatic N) is 3. The van der Waals surface area contributed by atoms with Crippen LogP contribution in [0, 0.1) is 3.57 Å². The van der Waals surface area contributed by atoms with Gasteiger partial charge in [0.2, 0.25) is 0 Å². The third-order valence-electron chi connectivity index (χ3n) is 3.66. The van der Waals surface area contributed by atoms with Crippen molar-refractivity contribution in [2.45, 2.75) is 32.7 Å². The zero-order chi connectivity index (χ0) is 14.5. The van der Waals surface area contributed by atoms with E-state index in [9.17, 15) is 0 Å². The third-order valence-corrected chi connectivity index (χ3v) is 4.57. The second kappa shape index (κ2) is 7.61. The molecule has 0 radical (unpaired) electrons. The smallest absolute Gasteiger partial charge is 0.124 e. The van der Waals surface area contributed by atoms with E-state index in [-0.39, 0.29) is 0 Å². The Balaban J connectivity index is 2.15. The Morgan fingerprint density at radius 3 is 2.70 bits per heavy atom. The van der Waals surface area contributed by atoms with Crippen LogP contribution in [0.2, 0.25) is 0 Å². The second-order valence-corrected chi connectivity index (χ2v) is 6.34.